The monoisotopic (exact) mass is 243 g/mol. The first-order valence-corrected chi connectivity index (χ1v) is 6.29. The molecule has 100 valence electrons. The van der Waals surface area contributed by atoms with Crippen LogP contribution in [0.1, 0.15) is 34.1 Å². The van der Waals surface area contributed by atoms with Crippen LogP contribution in [-0.2, 0) is 9.59 Å². The summed E-state index contributed by atoms with van der Waals surface area (Å²) in [6.45, 7) is 9.93. The second-order valence-electron chi connectivity index (χ2n) is 4.23. The Bertz CT molecular complexity index is 242. The van der Waals surface area contributed by atoms with E-state index in [9.17, 15) is 9.59 Å². The Hall–Kier alpha value is -1.10. The first-order valence-electron chi connectivity index (χ1n) is 6.29. The van der Waals surface area contributed by atoms with E-state index in [0.29, 0.717) is 19.5 Å². The van der Waals surface area contributed by atoms with E-state index in [4.69, 9.17) is 0 Å². The van der Waals surface area contributed by atoms with Gasteiger partial charge in [-0.25, -0.2) is 0 Å². The molecule has 0 bridgehead atoms. The molecule has 0 saturated carbocycles. The van der Waals surface area contributed by atoms with Crippen molar-refractivity contribution in [2.75, 3.05) is 26.2 Å². The molecule has 0 heterocycles. The summed E-state index contributed by atoms with van der Waals surface area (Å²) in [5.41, 5.74) is 0. The average Bonchev–Trinajstić information content (AvgIpc) is 2.25. The van der Waals surface area contributed by atoms with Crippen molar-refractivity contribution in [2.24, 2.45) is 0 Å². The van der Waals surface area contributed by atoms with E-state index in [1.807, 2.05) is 27.7 Å². The predicted molar refractivity (Wildman–Crippen MR) is 68.7 cm³/mol. The van der Waals surface area contributed by atoms with Gasteiger partial charge in [0.2, 0.25) is 11.8 Å². The third-order valence-corrected chi connectivity index (χ3v) is 2.28. The van der Waals surface area contributed by atoms with Crippen LogP contribution in [0.2, 0.25) is 0 Å². The zero-order chi connectivity index (χ0) is 13.3. The lowest BCUT2D eigenvalue weighted by Gasteiger charge is -2.21. The third kappa shape index (κ3) is 7.74. The third-order valence-electron chi connectivity index (χ3n) is 2.28. The molecule has 0 aromatic rings. The van der Waals surface area contributed by atoms with Gasteiger partial charge in [-0.05, 0) is 27.3 Å². The smallest absolute Gasteiger partial charge is 0.239 e. The number of rotatable bonds is 8. The molecule has 5 heteroatoms. The highest BCUT2D eigenvalue weighted by atomic mass is 16.2. The van der Waals surface area contributed by atoms with Crippen molar-refractivity contribution in [3.05, 3.63) is 0 Å². The normalized spacial score (nSPS) is 10.4. The Labute approximate surface area is 104 Å². The molecule has 0 aliphatic carbocycles. The lowest BCUT2D eigenvalue weighted by molar-refractivity contribution is -0.136. The highest BCUT2D eigenvalue weighted by Crippen LogP contribution is 1.94. The van der Waals surface area contributed by atoms with Gasteiger partial charge in [-0.3, -0.25) is 9.59 Å². The molecule has 2 N–H and O–H groups in total. The Balaban J connectivity index is 4.04. The fraction of sp³-hybridized carbons (Fsp3) is 0.833. The SMILES string of the molecule is CCNCCC(=O)N(CC)CC(=O)NC(C)C. The number of amides is 2. The van der Waals surface area contributed by atoms with Gasteiger partial charge in [0.1, 0.15) is 0 Å². The van der Waals surface area contributed by atoms with E-state index in [1.54, 1.807) is 4.90 Å². The second-order valence-corrected chi connectivity index (χ2v) is 4.23. The number of nitrogens with one attached hydrogen (secondary N) is 2. The molecule has 0 aromatic heterocycles. The fourth-order valence-electron chi connectivity index (χ4n) is 1.45. The fourth-order valence-corrected chi connectivity index (χ4v) is 1.45. The number of nitrogens with zero attached hydrogens (tertiary/aromatic N) is 1. The van der Waals surface area contributed by atoms with Crippen LogP contribution < -0.4 is 10.6 Å². The van der Waals surface area contributed by atoms with Gasteiger partial charge in [-0.2, -0.15) is 0 Å². The van der Waals surface area contributed by atoms with Gasteiger partial charge in [0, 0.05) is 25.6 Å². The molecule has 17 heavy (non-hydrogen) atoms. The van der Waals surface area contributed by atoms with E-state index in [2.05, 4.69) is 10.6 Å². The summed E-state index contributed by atoms with van der Waals surface area (Å²) >= 11 is 0. The zero-order valence-corrected chi connectivity index (χ0v) is 11.4. The van der Waals surface area contributed by atoms with Crippen molar-refractivity contribution in [1.29, 1.82) is 0 Å². The first kappa shape index (κ1) is 15.9. The minimum Gasteiger partial charge on any atom is -0.352 e. The number of hydrogen-bond donors (Lipinski definition) is 2. The summed E-state index contributed by atoms with van der Waals surface area (Å²) in [6, 6.07) is 0.109. The van der Waals surface area contributed by atoms with Crippen molar-refractivity contribution >= 4 is 11.8 Å². The van der Waals surface area contributed by atoms with Crippen LogP contribution in [0.25, 0.3) is 0 Å². The lowest BCUT2D eigenvalue weighted by atomic mass is 10.3. The minimum absolute atomic E-state index is 0.0207. The Morgan fingerprint density at radius 1 is 1.24 bits per heavy atom. The van der Waals surface area contributed by atoms with Crippen LogP contribution in [-0.4, -0.2) is 48.9 Å². The predicted octanol–water partition coefficient (Wildman–Crippen LogP) is 0.359. The molecule has 0 aliphatic heterocycles. The van der Waals surface area contributed by atoms with Crippen molar-refractivity contribution in [1.82, 2.24) is 15.5 Å². The molecule has 0 fully saturated rings. The van der Waals surface area contributed by atoms with E-state index >= 15 is 0 Å². The van der Waals surface area contributed by atoms with Gasteiger partial charge in [0.05, 0.1) is 6.54 Å². The summed E-state index contributed by atoms with van der Waals surface area (Å²) in [4.78, 5) is 24.9. The lowest BCUT2D eigenvalue weighted by Crippen LogP contribution is -2.43. The molecule has 0 unspecified atom stereocenters. The van der Waals surface area contributed by atoms with E-state index in [-0.39, 0.29) is 24.4 Å². The van der Waals surface area contributed by atoms with Crippen LogP contribution in [0.4, 0.5) is 0 Å². The van der Waals surface area contributed by atoms with Gasteiger partial charge in [-0.15, -0.1) is 0 Å². The van der Waals surface area contributed by atoms with Crippen LogP contribution in [0.5, 0.6) is 0 Å². The molecule has 0 atom stereocenters. The number of carbonyl (C=O) groups excluding carboxylic acids is 2. The van der Waals surface area contributed by atoms with E-state index < -0.39 is 0 Å². The molecule has 0 radical (unpaired) electrons. The highest BCUT2D eigenvalue weighted by Gasteiger charge is 2.15. The second kappa shape index (κ2) is 8.98. The Morgan fingerprint density at radius 2 is 1.88 bits per heavy atom. The van der Waals surface area contributed by atoms with Crippen LogP contribution >= 0.6 is 0 Å². The average molecular weight is 243 g/mol. The molecule has 0 rings (SSSR count). The molecule has 0 spiro atoms. The number of carbonyl (C=O) groups is 2. The van der Waals surface area contributed by atoms with Crippen molar-refractivity contribution in [3.8, 4) is 0 Å². The highest BCUT2D eigenvalue weighted by molar-refractivity contribution is 5.84. The van der Waals surface area contributed by atoms with Crippen molar-refractivity contribution in [2.45, 2.75) is 40.2 Å². The Morgan fingerprint density at radius 3 is 2.35 bits per heavy atom. The number of likely N-dealkylation sites (N-methyl/N-ethyl adjacent to an activating group) is 1. The minimum atomic E-state index is -0.0985. The van der Waals surface area contributed by atoms with Gasteiger partial charge in [0.15, 0.2) is 0 Å². The van der Waals surface area contributed by atoms with Gasteiger partial charge < -0.3 is 15.5 Å². The maximum absolute atomic E-state index is 11.8. The van der Waals surface area contributed by atoms with Gasteiger partial charge in [-0.1, -0.05) is 6.92 Å². The summed E-state index contributed by atoms with van der Waals surface area (Å²) in [7, 11) is 0. The van der Waals surface area contributed by atoms with Crippen molar-refractivity contribution in [3.63, 3.8) is 0 Å². The Kier molecular flexibility index (Phi) is 8.40. The van der Waals surface area contributed by atoms with Gasteiger partial charge >= 0.3 is 0 Å². The molecular formula is C12H25N3O2. The van der Waals surface area contributed by atoms with E-state index in [0.717, 1.165) is 6.54 Å². The van der Waals surface area contributed by atoms with Gasteiger partial charge in [0.25, 0.3) is 0 Å². The summed E-state index contributed by atoms with van der Waals surface area (Å²) in [5, 5.41) is 5.88. The largest absolute Gasteiger partial charge is 0.352 e. The van der Waals surface area contributed by atoms with Crippen LogP contribution in [0.3, 0.4) is 0 Å². The van der Waals surface area contributed by atoms with E-state index in [1.165, 1.54) is 0 Å². The maximum Gasteiger partial charge on any atom is 0.239 e. The molecule has 0 aliphatic rings. The van der Waals surface area contributed by atoms with Crippen LogP contribution in [0, 0.1) is 0 Å². The maximum atomic E-state index is 11.8. The molecule has 2 amide bonds. The molecule has 0 aromatic carbocycles. The molecule has 5 nitrogen and oxygen atoms in total. The quantitative estimate of drug-likeness (QED) is 0.605. The molecular weight excluding hydrogens is 218 g/mol. The summed E-state index contributed by atoms with van der Waals surface area (Å²) < 4.78 is 0. The topological polar surface area (TPSA) is 61.4 Å². The van der Waals surface area contributed by atoms with Crippen LogP contribution in [0.15, 0.2) is 0 Å². The summed E-state index contributed by atoms with van der Waals surface area (Å²) in [5.74, 6) is -0.0778. The standard InChI is InChI=1S/C12H25N3O2/c1-5-13-8-7-12(17)15(6-2)9-11(16)14-10(3)4/h10,13H,5-9H2,1-4H3,(H,14,16). The zero-order valence-electron chi connectivity index (χ0n) is 11.4. The molecule has 0 saturated heterocycles. The first-order chi connectivity index (χ1) is 8.01. The number of hydrogen-bond acceptors (Lipinski definition) is 3. The van der Waals surface area contributed by atoms with Crippen molar-refractivity contribution < 1.29 is 9.59 Å². The summed E-state index contributed by atoms with van der Waals surface area (Å²) in [6.07, 6.45) is 0.441.